The molecule has 0 radical (unpaired) electrons. The first-order valence-electron chi connectivity index (χ1n) is 5.82. The largest absolute Gasteiger partial charge is 0.341 e. The summed E-state index contributed by atoms with van der Waals surface area (Å²) in [5.41, 5.74) is 2.09. The minimum Gasteiger partial charge on any atom is -0.341 e. The first kappa shape index (κ1) is 11.6. The maximum Gasteiger partial charge on any atom is 0.225 e. The Labute approximate surface area is 102 Å². The van der Waals surface area contributed by atoms with Gasteiger partial charge in [-0.15, -0.1) is 11.6 Å². The summed E-state index contributed by atoms with van der Waals surface area (Å²) in [6.07, 6.45) is 2.31. The third-order valence-electron chi connectivity index (χ3n) is 3.09. The maximum absolute atomic E-state index is 5.87. The van der Waals surface area contributed by atoms with Crippen LogP contribution in [0.2, 0.25) is 0 Å². The van der Waals surface area contributed by atoms with Gasteiger partial charge in [-0.05, 0) is 38.7 Å². The van der Waals surface area contributed by atoms with Gasteiger partial charge in [-0.1, -0.05) is 0 Å². The molecule has 3 nitrogen and oxygen atoms in total. The summed E-state index contributed by atoms with van der Waals surface area (Å²) in [5, 5.41) is 0. The molecule has 1 saturated heterocycles. The molecule has 0 bridgehead atoms. The van der Waals surface area contributed by atoms with Crippen molar-refractivity contribution in [2.45, 2.75) is 26.7 Å². The molecule has 0 aromatic carbocycles. The molecule has 0 saturated carbocycles. The van der Waals surface area contributed by atoms with E-state index in [1.165, 1.54) is 0 Å². The zero-order chi connectivity index (χ0) is 11.5. The molecule has 1 aliphatic heterocycles. The Morgan fingerprint density at radius 1 is 1.25 bits per heavy atom. The number of aryl methyl sites for hydroxylation is 2. The van der Waals surface area contributed by atoms with Gasteiger partial charge in [0.1, 0.15) is 0 Å². The number of rotatable bonds is 2. The lowest BCUT2D eigenvalue weighted by Gasteiger charge is -2.31. The second-order valence-electron chi connectivity index (χ2n) is 4.54. The highest BCUT2D eigenvalue weighted by molar-refractivity contribution is 6.18. The molecule has 2 rings (SSSR count). The van der Waals surface area contributed by atoms with Crippen LogP contribution >= 0.6 is 11.6 Å². The topological polar surface area (TPSA) is 29.0 Å². The molecule has 0 spiro atoms. The van der Waals surface area contributed by atoms with Crippen molar-refractivity contribution >= 4 is 17.5 Å². The van der Waals surface area contributed by atoms with Gasteiger partial charge in [0, 0.05) is 30.4 Å². The Kier molecular flexibility index (Phi) is 3.64. The summed E-state index contributed by atoms with van der Waals surface area (Å²) in [4.78, 5) is 11.2. The van der Waals surface area contributed by atoms with E-state index in [0.717, 1.165) is 49.1 Å². The van der Waals surface area contributed by atoms with Crippen molar-refractivity contribution in [2.24, 2.45) is 5.92 Å². The Bertz CT molecular complexity index is 339. The van der Waals surface area contributed by atoms with Crippen LogP contribution in [0.25, 0.3) is 0 Å². The zero-order valence-corrected chi connectivity index (χ0v) is 10.7. The SMILES string of the molecule is Cc1cc(C)nc(N2CCC(CCl)CC2)n1. The summed E-state index contributed by atoms with van der Waals surface area (Å²) < 4.78 is 0. The average molecular weight is 240 g/mol. The monoisotopic (exact) mass is 239 g/mol. The summed E-state index contributed by atoms with van der Waals surface area (Å²) in [5.74, 6) is 2.33. The van der Waals surface area contributed by atoms with Gasteiger partial charge in [0.15, 0.2) is 0 Å². The van der Waals surface area contributed by atoms with E-state index in [4.69, 9.17) is 11.6 Å². The molecule has 0 atom stereocenters. The quantitative estimate of drug-likeness (QED) is 0.743. The lowest BCUT2D eigenvalue weighted by atomic mass is 9.99. The first-order chi connectivity index (χ1) is 7.69. The predicted octanol–water partition coefficient (Wildman–Crippen LogP) is 2.55. The zero-order valence-electron chi connectivity index (χ0n) is 9.91. The van der Waals surface area contributed by atoms with E-state index in [0.29, 0.717) is 5.92 Å². The molecule has 1 aromatic heterocycles. The molecule has 88 valence electrons. The van der Waals surface area contributed by atoms with Gasteiger partial charge in [-0.3, -0.25) is 0 Å². The van der Waals surface area contributed by atoms with Gasteiger partial charge >= 0.3 is 0 Å². The van der Waals surface area contributed by atoms with E-state index in [1.54, 1.807) is 0 Å². The molecule has 2 heterocycles. The molecular formula is C12H18ClN3. The summed E-state index contributed by atoms with van der Waals surface area (Å²) in [6.45, 7) is 6.09. The fourth-order valence-electron chi connectivity index (χ4n) is 2.14. The number of hydrogen-bond acceptors (Lipinski definition) is 3. The second-order valence-corrected chi connectivity index (χ2v) is 4.84. The van der Waals surface area contributed by atoms with E-state index in [2.05, 4.69) is 14.9 Å². The molecule has 1 fully saturated rings. The van der Waals surface area contributed by atoms with Crippen molar-refractivity contribution in [3.05, 3.63) is 17.5 Å². The van der Waals surface area contributed by atoms with Crippen LogP contribution in [-0.4, -0.2) is 28.9 Å². The second kappa shape index (κ2) is 5.00. The van der Waals surface area contributed by atoms with Gasteiger partial charge < -0.3 is 4.90 Å². The predicted molar refractivity (Wildman–Crippen MR) is 67.2 cm³/mol. The number of piperidine rings is 1. The number of halogens is 1. The molecule has 0 unspecified atom stereocenters. The Morgan fingerprint density at radius 2 is 1.81 bits per heavy atom. The van der Waals surface area contributed by atoms with E-state index in [9.17, 15) is 0 Å². The highest BCUT2D eigenvalue weighted by atomic mass is 35.5. The number of hydrogen-bond donors (Lipinski definition) is 0. The van der Waals surface area contributed by atoms with Crippen LogP contribution in [0.5, 0.6) is 0 Å². The van der Waals surface area contributed by atoms with Crippen molar-refractivity contribution < 1.29 is 0 Å². The van der Waals surface area contributed by atoms with Crippen LogP contribution in [-0.2, 0) is 0 Å². The van der Waals surface area contributed by atoms with Gasteiger partial charge in [-0.25, -0.2) is 9.97 Å². The first-order valence-corrected chi connectivity index (χ1v) is 6.35. The third-order valence-corrected chi connectivity index (χ3v) is 3.52. The van der Waals surface area contributed by atoms with Crippen LogP contribution in [0.3, 0.4) is 0 Å². The smallest absolute Gasteiger partial charge is 0.225 e. The summed E-state index contributed by atoms with van der Waals surface area (Å²) in [7, 11) is 0. The van der Waals surface area contributed by atoms with Crippen LogP contribution in [0.4, 0.5) is 5.95 Å². The number of aromatic nitrogens is 2. The van der Waals surface area contributed by atoms with Crippen molar-refractivity contribution in [1.29, 1.82) is 0 Å². The fourth-order valence-corrected chi connectivity index (χ4v) is 2.44. The number of anilines is 1. The molecule has 1 aliphatic rings. The van der Waals surface area contributed by atoms with E-state index in [1.807, 2.05) is 19.9 Å². The minimum atomic E-state index is 0.670. The van der Waals surface area contributed by atoms with Gasteiger partial charge in [0.05, 0.1) is 0 Å². The molecule has 0 N–H and O–H groups in total. The molecule has 0 amide bonds. The van der Waals surface area contributed by atoms with Gasteiger partial charge in [0.2, 0.25) is 5.95 Å². The fraction of sp³-hybridized carbons (Fsp3) is 0.667. The summed E-state index contributed by atoms with van der Waals surface area (Å²) >= 11 is 5.87. The van der Waals surface area contributed by atoms with Crippen LogP contribution in [0.15, 0.2) is 6.07 Å². The molecule has 0 aliphatic carbocycles. The van der Waals surface area contributed by atoms with Crippen molar-refractivity contribution in [2.75, 3.05) is 23.9 Å². The normalized spacial score (nSPS) is 17.8. The number of alkyl halides is 1. The van der Waals surface area contributed by atoms with Gasteiger partial charge in [0.25, 0.3) is 0 Å². The average Bonchev–Trinajstić information content (AvgIpc) is 2.28. The Balaban J connectivity index is 2.08. The van der Waals surface area contributed by atoms with Crippen LogP contribution < -0.4 is 4.90 Å². The Hall–Kier alpha value is -0.830. The van der Waals surface area contributed by atoms with Gasteiger partial charge in [-0.2, -0.15) is 0 Å². The lowest BCUT2D eigenvalue weighted by molar-refractivity contribution is 0.438. The van der Waals surface area contributed by atoms with Crippen LogP contribution in [0, 0.1) is 19.8 Å². The van der Waals surface area contributed by atoms with E-state index in [-0.39, 0.29) is 0 Å². The highest BCUT2D eigenvalue weighted by Gasteiger charge is 2.20. The maximum atomic E-state index is 5.87. The van der Waals surface area contributed by atoms with E-state index >= 15 is 0 Å². The van der Waals surface area contributed by atoms with Crippen molar-refractivity contribution in [3.63, 3.8) is 0 Å². The highest BCUT2D eigenvalue weighted by Crippen LogP contribution is 2.21. The molecule has 1 aromatic rings. The summed E-state index contributed by atoms with van der Waals surface area (Å²) in [6, 6.07) is 2.01. The van der Waals surface area contributed by atoms with Crippen molar-refractivity contribution in [1.82, 2.24) is 9.97 Å². The standard InChI is InChI=1S/C12H18ClN3/c1-9-7-10(2)15-12(14-9)16-5-3-11(8-13)4-6-16/h7,11H,3-6,8H2,1-2H3. The minimum absolute atomic E-state index is 0.670. The van der Waals surface area contributed by atoms with Crippen molar-refractivity contribution in [3.8, 4) is 0 Å². The molecular weight excluding hydrogens is 222 g/mol. The van der Waals surface area contributed by atoms with Crippen LogP contribution in [0.1, 0.15) is 24.2 Å². The molecule has 4 heteroatoms. The lowest BCUT2D eigenvalue weighted by Crippen LogP contribution is -2.35. The third kappa shape index (κ3) is 2.64. The molecule has 16 heavy (non-hydrogen) atoms. The Morgan fingerprint density at radius 3 is 2.31 bits per heavy atom. The number of nitrogens with zero attached hydrogens (tertiary/aromatic N) is 3. The van der Waals surface area contributed by atoms with E-state index < -0.39 is 0 Å².